The second-order valence-electron chi connectivity index (χ2n) is 5.59. The molecular formula is C14H26N2O3. The summed E-state index contributed by atoms with van der Waals surface area (Å²) in [5.41, 5.74) is 0. The molecule has 1 aliphatic carbocycles. The lowest BCUT2D eigenvalue weighted by atomic mass is 9.91. The maximum atomic E-state index is 11.6. The number of nitrogens with zero attached hydrogens (tertiary/aromatic N) is 1. The molecule has 0 aromatic carbocycles. The van der Waals surface area contributed by atoms with Crippen LogP contribution in [-0.4, -0.2) is 54.0 Å². The number of carbonyl (C=O) groups excluding carboxylic acids is 1. The van der Waals surface area contributed by atoms with Crippen LogP contribution in [0.4, 0.5) is 4.79 Å². The third kappa shape index (κ3) is 4.08. The molecule has 2 rings (SSSR count). The Kier molecular flexibility index (Phi) is 5.45. The van der Waals surface area contributed by atoms with E-state index < -0.39 is 0 Å². The Balaban J connectivity index is 1.72. The van der Waals surface area contributed by atoms with E-state index in [4.69, 9.17) is 4.74 Å². The van der Waals surface area contributed by atoms with Crippen LogP contribution >= 0.6 is 0 Å². The number of rotatable bonds is 3. The van der Waals surface area contributed by atoms with Crippen molar-refractivity contribution in [3.05, 3.63) is 0 Å². The molecule has 1 heterocycles. The van der Waals surface area contributed by atoms with E-state index in [2.05, 4.69) is 5.32 Å². The highest BCUT2D eigenvalue weighted by atomic mass is 16.6. The number of carbonyl (C=O) groups is 1. The first-order valence-electron chi connectivity index (χ1n) is 7.56. The molecule has 2 aliphatic rings. The van der Waals surface area contributed by atoms with E-state index in [1.165, 1.54) is 6.42 Å². The topological polar surface area (TPSA) is 61.8 Å². The number of piperidine rings is 1. The number of hydrogen-bond acceptors (Lipinski definition) is 4. The predicted octanol–water partition coefficient (Wildman–Crippen LogP) is 1.50. The zero-order valence-electron chi connectivity index (χ0n) is 11.8. The third-order valence-electron chi connectivity index (χ3n) is 4.20. The average Bonchev–Trinajstić information content (AvgIpc) is 2.42. The quantitative estimate of drug-likeness (QED) is 0.816. The molecule has 0 bridgehead atoms. The Labute approximate surface area is 115 Å². The lowest BCUT2D eigenvalue weighted by Crippen LogP contribution is -2.51. The van der Waals surface area contributed by atoms with Gasteiger partial charge < -0.3 is 20.1 Å². The Morgan fingerprint density at radius 3 is 2.58 bits per heavy atom. The van der Waals surface area contributed by atoms with Crippen molar-refractivity contribution < 1.29 is 14.6 Å². The first-order chi connectivity index (χ1) is 9.20. The highest BCUT2D eigenvalue weighted by Gasteiger charge is 2.28. The molecule has 110 valence electrons. The van der Waals surface area contributed by atoms with E-state index in [1.54, 1.807) is 4.90 Å². The van der Waals surface area contributed by atoms with Gasteiger partial charge in [0.25, 0.3) is 0 Å². The Hall–Kier alpha value is -0.810. The van der Waals surface area contributed by atoms with Gasteiger partial charge in [0.05, 0.1) is 12.7 Å². The molecule has 1 aliphatic heterocycles. The van der Waals surface area contributed by atoms with E-state index in [0.29, 0.717) is 12.6 Å². The smallest absolute Gasteiger partial charge is 0.409 e. The fourth-order valence-electron chi connectivity index (χ4n) is 3.05. The van der Waals surface area contributed by atoms with Crippen molar-refractivity contribution >= 4 is 6.09 Å². The monoisotopic (exact) mass is 270 g/mol. The van der Waals surface area contributed by atoms with Gasteiger partial charge in [0, 0.05) is 25.2 Å². The van der Waals surface area contributed by atoms with Crippen LogP contribution < -0.4 is 5.32 Å². The minimum atomic E-state index is -0.197. The zero-order valence-corrected chi connectivity index (χ0v) is 11.8. The van der Waals surface area contributed by atoms with Crippen LogP contribution in [0.3, 0.4) is 0 Å². The first-order valence-corrected chi connectivity index (χ1v) is 7.56. The molecule has 0 aromatic rings. The number of aliphatic hydroxyl groups is 1. The van der Waals surface area contributed by atoms with Crippen LogP contribution in [0.5, 0.6) is 0 Å². The summed E-state index contributed by atoms with van der Waals surface area (Å²) in [5, 5.41) is 13.5. The van der Waals surface area contributed by atoms with E-state index >= 15 is 0 Å². The van der Waals surface area contributed by atoms with Crippen LogP contribution in [0.25, 0.3) is 0 Å². The van der Waals surface area contributed by atoms with Gasteiger partial charge in [-0.3, -0.25) is 0 Å². The van der Waals surface area contributed by atoms with Gasteiger partial charge in [0.15, 0.2) is 0 Å². The van der Waals surface area contributed by atoms with Crippen molar-refractivity contribution in [2.24, 2.45) is 0 Å². The molecule has 0 unspecified atom stereocenters. The molecular weight excluding hydrogens is 244 g/mol. The van der Waals surface area contributed by atoms with Crippen molar-refractivity contribution in [1.82, 2.24) is 10.2 Å². The Morgan fingerprint density at radius 1 is 1.26 bits per heavy atom. The summed E-state index contributed by atoms with van der Waals surface area (Å²) >= 11 is 0. The molecule has 0 spiro atoms. The van der Waals surface area contributed by atoms with E-state index in [0.717, 1.165) is 45.2 Å². The molecule has 1 amide bonds. The molecule has 1 saturated heterocycles. The largest absolute Gasteiger partial charge is 0.450 e. The van der Waals surface area contributed by atoms with Gasteiger partial charge in [-0.2, -0.15) is 0 Å². The molecule has 5 nitrogen and oxygen atoms in total. The maximum Gasteiger partial charge on any atom is 0.409 e. The molecule has 2 N–H and O–H groups in total. The number of nitrogens with one attached hydrogen (secondary N) is 1. The van der Waals surface area contributed by atoms with Gasteiger partial charge in [0.1, 0.15) is 0 Å². The van der Waals surface area contributed by atoms with Gasteiger partial charge in [-0.25, -0.2) is 4.79 Å². The number of ether oxygens (including phenoxy) is 1. The number of amides is 1. The second kappa shape index (κ2) is 7.10. The normalized spacial score (nSPS) is 29.3. The van der Waals surface area contributed by atoms with Crippen molar-refractivity contribution in [3.8, 4) is 0 Å². The van der Waals surface area contributed by atoms with Crippen LogP contribution in [0.2, 0.25) is 0 Å². The Bertz CT molecular complexity index is 290. The van der Waals surface area contributed by atoms with Gasteiger partial charge in [0.2, 0.25) is 0 Å². The summed E-state index contributed by atoms with van der Waals surface area (Å²) in [6.07, 6.45) is 5.83. The average molecular weight is 270 g/mol. The van der Waals surface area contributed by atoms with Crippen LogP contribution in [0, 0.1) is 0 Å². The van der Waals surface area contributed by atoms with Gasteiger partial charge in [-0.1, -0.05) is 12.8 Å². The standard InChI is InChI=1S/C14H26N2O3/c1-2-19-14(18)16-9-7-11(8-10-16)15-12-5-3-4-6-13(12)17/h11-13,15,17H,2-10H2,1H3/t12-,13-/m0/s1. The summed E-state index contributed by atoms with van der Waals surface area (Å²) in [6, 6.07) is 0.663. The number of hydrogen-bond donors (Lipinski definition) is 2. The van der Waals surface area contributed by atoms with Crippen LogP contribution in [0.1, 0.15) is 45.4 Å². The first kappa shape index (κ1) is 14.6. The Morgan fingerprint density at radius 2 is 1.95 bits per heavy atom. The summed E-state index contributed by atoms with van der Waals surface area (Å²) in [5.74, 6) is 0. The van der Waals surface area contributed by atoms with E-state index in [-0.39, 0.29) is 18.2 Å². The molecule has 0 aromatic heterocycles. The molecule has 1 saturated carbocycles. The lowest BCUT2D eigenvalue weighted by Gasteiger charge is -2.36. The van der Waals surface area contributed by atoms with Crippen molar-refractivity contribution in [2.75, 3.05) is 19.7 Å². The molecule has 19 heavy (non-hydrogen) atoms. The highest BCUT2D eigenvalue weighted by molar-refractivity contribution is 5.67. The summed E-state index contributed by atoms with van der Waals surface area (Å²) in [7, 11) is 0. The van der Waals surface area contributed by atoms with Crippen LogP contribution in [0.15, 0.2) is 0 Å². The van der Waals surface area contributed by atoms with Gasteiger partial charge in [-0.05, 0) is 32.6 Å². The third-order valence-corrected chi connectivity index (χ3v) is 4.20. The van der Waals surface area contributed by atoms with Crippen LogP contribution in [-0.2, 0) is 4.74 Å². The van der Waals surface area contributed by atoms with E-state index in [1.807, 2.05) is 6.92 Å². The zero-order chi connectivity index (χ0) is 13.7. The highest BCUT2D eigenvalue weighted by Crippen LogP contribution is 2.21. The molecule has 5 heteroatoms. The van der Waals surface area contributed by atoms with Crippen molar-refractivity contribution in [2.45, 2.75) is 63.6 Å². The summed E-state index contributed by atoms with van der Waals surface area (Å²) in [6.45, 7) is 3.76. The van der Waals surface area contributed by atoms with Crippen molar-refractivity contribution in [3.63, 3.8) is 0 Å². The van der Waals surface area contributed by atoms with E-state index in [9.17, 15) is 9.90 Å². The lowest BCUT2D eigenvalue weighted by molar-refractivity contribution is 0.0700. The minimum Gasteiger partial charge on any atom is -0.450 e. The van der Waals surface area contributed by atoms with Gasteiger partial charge in [-0.15, -0.1) is 0 Å². The SMILES string of the molecule is CCOC(=O)N1CCC(N[C@H]2CCCC[C@@H]2O)CC1. The molecule has 2 fully saturated rings. The summed E-state index contributed by atoms with van der Waals surface area (Å²) in [4.78, 5) is 13.4. The fraction of sp³-hybridized carbons (Fsp3) is 0.929. The predicted molar refractivity (Wildman–Crippen MR) is 73.0 cm³/mol. The fourth-order valence-corrected chi connectivity index (χ4v) is 3.05. The minimum absolute atomic E-state index is 0.196. The molecule has 0 radical (unpaired) electrons. The number of aliphatic hydroxyl groups excluding tert-OH is 1. The van der Waals surface area contributed by atoms with Gasteiger partial charge >= 0.3 is 6.09 Å². The number of likely N-dealkylation sites (tertiary alicyclic amines) is 1. The second-order valence-corrected chi connectivity index (χ2v) is 5.59. The maximum absolute atomic E-state index is 11.6. The van der Waals surface area contributed by atoms with Crippen molar-refractivity contribution in [1.29, 1.82) is 0 Å². The molecule has 2 atom stereocenters. The summed E-state index contributed by atoms with van der Waals surface area (Å²) < 4.78 is 5.01.